The number of para-hydroxylation sites is 1. The van der Waals surface area contributed by atoms with Gasteiger partial charge < -0.3 is 20.3 Å². The third-order valence-corrected chi connectivity index (χ3v) is 3.45. The first-order chi connectivity index (χ1) is 11.1. The van der Waals surface area contributed by atoms with Crippen molar-refractivity contribution in [3.63, 3.8) is 0 Å². The Morgan fingerprint density at radius 1 is 1.17 bits per heavy atom. The van der Waals surface area contributed by atoms with Crippen molar-refractivity contribution in [2.75, 3.05) is 38.2 Å². The van der Waals surface area contributed by atoms with E-state index in [1.807, 2.05) is 6.92 Å². The van der Waals surface area contributed by atoms with E-state index in [0.29, 0.717) is 44.1 Å². The fraction of sp³-hybridized carbons (Fsp3) is 0.438. The third-order valence-electron chi connectivity index (χ3n) is 3.45. The molecule has 7 heteroatoms. The number of nitrogens with zero attached hydrogens (tertiary/aromatic N) is 1. The van der Waals surface area contributed by atoms with Gasteiger partial charge in [0.25, 0.3) is 5.91 Å². The molecule has 0 aromatic heterocycles. The molecule has 1 aromatic carbocycles. The molecule has 1 aliphatic rings. The summed E-state index contributed by atoms with van der Waals surface area (Å²) in [7, 11) is 0. The normalized spacial score (nSPS) is 14.2. The number of amides is 3. The van der Waals surface area contributed by atoms with Gasteiger partial charge in [-0.3, -0.25) is 14.4 Å². The number of anilines is 1. The monoisotopic (exact) mass is 319 g/mol. The molecule has 3 amide bonds. The Morgan fingerprint density at radius 3 is 2.57 bits per heavy atom. The minimum Gasteiger partial charge on any atom is -0.378 e. The van der Waals surface area contributed by atoms with Crippen molar-refractivity contribution in [3.05, 3.63) is 29.8 Å². The van der Waals surface area contributed by atoms with Gasteiger partial charge in [0.2, 0.25) is 0 Å². The molecule has 2 rings (SSSR count). The van der Waals surface area contributed by atoms with Gasteiger partial charge in [-0.15, -0.1) is 0 Å². The van der Waals surface area contributed by atoms with Gasteiger partial charge in [-0.05, 0) is 18.6 Å². The van der Waals surface area contributed by atoms with E-state index < -0.39 is 11.8 Å². The van der Waals surface area contributed by atoms with E-state index in [-0.39, 0.29) is 5.91 Å². The second kappa shape index (κ2) is 8.28. The summed E-state index contributed by atoms with van der Waals surface area (Å²) < 4.78 is 5.16. The second-order valence-corrected chi connectivity index (χ2v) is 5.16. The largest absolute Gasteiger partial charge is 0.378 e. The van der Waals surface area contributed by atoms with E-state index in [1.165, 1.54) is 4.90 Å². The van der Waals surface area contributed by atoms with Crippen LogP contribution in [0.2, 0.25) is 0 Å². The standard InChI is InChI=1S/C16H21N3O4/c1-2-7-17-14(20)12-5-3-4-6-13(12)18-15(21)16(22)19-8-10-23-11-9-19/h3-6H,2,7-11H2,1H3,(H,17,20)(H,18,21). The average molecular weight is 319 g/mol. The lowest BCUT2D eigenvalue weighted by atomic mass is 10.1. The minimum atomic E-state index is -0.748. The van der Waals surface area contributed by atoms with Crippen molar-refractivity contribution in [1.29, 1.82) is 0 Å². The predicted octanol–water partition coefficient (Wildman–Crippen LogP) is 0.624. The van der Waals surface area contributed by atoms with Crippen molar-refractivity contribution in [2.45, 2.75) is 13.3 Å². The topological polar surface area (TPSA) is 87.7 Å². The molecule has 1 fully saturated rings. The van der Waals surface area contributed by atoms with Gasteiger partial charge in [0, 0.05) is 19.6 Å². The van der Waals surface area contributed by atoms with Gasteiger partial charge in [-0.1, -0.05) is 19.1 Å². The maximum absolute atomic E-state index is 12.1. The molecule has 124 valence electrons. The highest BCUT2D eigenvalue weighted by Crippen LogP contribution is 2.15. The van der Waals surface area contributed by atoms with Gasteiger partial charge in [0.15, 0.2) is 0 Å². The zero-order valence-electron chi connectivity index (χ0n) is 13.1. The highest BCUT2D eigenvalue weighted by molar-refractivity contribution is 6.39. The van der Waals surface area contributed by atoms with Crippen LogP contribution in [-0.2, 0) is 14.3 Å². The highest BCUT2D eigenvalue weighted by Gasteiger charge is 2.24. The molecule has 1 aliphatic heterocycles. The van der Waals surface area contributed by atoms with Crippen LogP contribution in [0.4, 0.5) is 5.69 Å². The number of hydrogen-bond donors (Lipinski definition) is 2. The summed E-state index contributed by atoms with van der Waals surface area (Å²) in [5.41, 5.74) is 0.664. The zero-order chi connectivity index (χ0) is 16.7. The summed E-state index contributed by atoms with van der Waals surface area (Å²) in [6.07, 6.45) is 0.815. The highest BCUT2D eigenvalue weighted by atomic mass is 16.5. The molecule has 0 radical (unpaired) electrons. The summed E-state index contributed by atoms with van der Waals surface area (Å²) in [4.78, 5) is 37.8. The van der Waals surface area contributed by atoms with E-state index in [4.69, 9.17) is 4.74 Å². The first kappa shape index (κ1) is 17.0. The molecule has 0 unspecified atom stereocenters. The zero-order valence-corrected chi connectivity index (χ0v) is 13.1. The first-order valence-electron chi connectivity index (χ1n) is 7.68. The maximum Gasteiger partial charge on any atom is 0.313 e. The second-order valence-electron chi connectivity index (χ2n) is 5.16. The molecule has 2 N–H and O–H groups in total. The molecular formula is C16H21N3O4. The number of hydrogen-bond acceptors (Lipinski definition) is 4. The maximum atomic E-state index is 12.1. The summed E-state index contributed by atoms with van der Waals surface area (Å²) in [5, 5.41) is 5.29. The van der Waals surface area contributed by atoms with E-state index >= 15 is 0 Å². The number of carbonyl (C=O) groups excluding carboxylic acids is 3. The molecule has 0 saturated carbocycles. The van der Waals surface area contributed by atoms with E-state index in [0.717, 1.165) is 6.42 Å². The summed E-state index contributed by atoms with van der Waals surface area (Å²) in [6, 6.07) is 6.62. The van der Waals surface area contributed by atoms with Crippen molar-refractivity contribution in [2.24, 2.45) is 0 Å². The number of carbonyl (C=O) groups is 3. The van der Waals surface area contributed by atoms with Crippen molar-refractivity contribution < 1.29 is 19.1 Å². The van der Waals surface area contributed by atoms with Gasteiger partial charge >= 0.3 is 11.8 Å². The Labute approximate surface area is 135 Å². The van der Waals surface area contributed by atoms with Crippen LogP contribution >= 0.6 is 0 Å². The van der Waals surface area contributed by atoms with Crippen LogP contribution in [0, 0.1) is 0 Å². The van der Waals surface area contributed by atoms with Gasteiger partial charge in [0.05, 0.1) is 24.5 Å². The van der Waals surface area contributed by atoms with E-state index in [1.54, 1.807) is 24.3 Å². The number of morpholine rings is 1. The molecule has 0 bridgehead atoms. The van der Waals surface area contributed by atoms with Crippen LogP contribution in [0.1, 0.15) is 23.7 Å². The quantitative estimate of drug-likeness (QED) is 0.797. The molecule has 7 nitrogen and oxygen atoms in total. The summed E-state index contributed by atoms with van der Waals surface area (Å²) in [6.45, 7) is 4.14. The number of benzene rings is 1. The number of rotatable bonds is 4. The smallest absolute Gasteiger partial charge is 0.313 e. The SMILES string of the molecule is CCCNC(=O)c1ccccc1NC(=O)C(=O)N1CCOCC1. The van der Waals surface area contributed by atoms with E-state index in [9.17, 15) is 14.4 Å². The van der Waals surface area contributed by atoms with Crippen LogP contribution in [-0.4, -0.2) is 55.5 Å². The minimum absolute atomic E-state index is 0.276. The number of nitrogens with one attached hydrogen (secondary N) is 2. The lowest BCUT2D eigenvalue weighted by Crippen LogP contribution is -2.46. The molecule has 1 aromatic rings. The molecule has 1 saturated heterocycles. The Balaban J connectivity index is 2.05. The van der Waals surface area contributed by atoms with Crippen molar-refractivity contribution in [3.8, 4) is 0 Å². The molecule has 0 spiro atoms. The predicted molar refractivity (Wildman–Crippen MR) is 85.1 cm³/mol. The molecule has 0 aliphatic carbocycles. The van der Waals surface area contributed by atoms with Crippen molar-refractivity contribution in [1.82, 2.24) is 10.2 Å². The van der Waals surface area contributed by atoms with Crippen LogP contribution in [0.15, 0.2) is 24.3 Å². The van der Waals surface area contributed by atoms with Gasteiger partial charge in [0.1, 0.15) is 0 Å². The third kappa shape index (κ3) is 4.53. The Hall–Kier alpha value is -2.41. The lowest BCUT2D eigenvalue weighted by Gasteiger charge is -2.26. The van der Waals surface area contributed by atoms with Gasteiger partial charge in [-0.2, -0.15) is 0 Å². The summed E-state index contributed by atoms with van der Waals surface area (Å²) >= 11 is 0. The number of ether oxygens (including phenoxy) is 1. The van der Waals surface area contributed by atoms with Crippen LogP contribution in [0.5, 0.6) is 0 Å². The van der Waals surface area contributed by atoms with E-state index in [2.05, 4.69) is 10.6 Å². The molecule has 0 atom stereocenters. The fourth-order valence-corrected chi connectivity index (χ4v) is 2.21. The Morgan fingerprint density at radius 2 is 1.87 bits per heavy atom. The Kier molecular flexibility index (Phi) is 6.10. The molecule has 1 heterocycles. The van der Waals surface area contributed by atoms with Gasteiger partial charge in [-0.25, -0.2) is 0 Å². The molecular weight excluding hydrogens is 298 g/mol. The fourth-order valence-electron chi connectivity index (χ4n) is 2.21. The molecule has 23 heavy (non-hydrogen) atoms. The van der Waals surface area contributed by atoms with Crippen molar-refractivity contribution >= 4 is 23.4 Å². The average Bonchev–Trinajstić information content (AvgIpc) is 2.60. The first-order valence-corrected chi connectivity index (χ1v) is 7.68. The summed E-state index contributed by atoms with van der Waals surface area (Å²) in [5.74, 6) is -1.64. The van der Waals surface area contributed by atoms with Crippen LogP contribution in [0.25, 0.3) is 0 Å². The van der Waals surface area contributed by atoms with Crippen LogP contribution in [0.3, 0.4) is 0 Å². The van der Waals surface area contributed by atoms with Crippen LogP contribution < -0.4 is 10.6 Å². The lowest BCUT2D eigenvalue weighted by molar-refractivity contribution is -0.145. The Bertz CT molecular complexity index is 582.